The second kappa shape index (κ2) is 9.06. The maximum Gasteiger partial charge on any atom is 0.227 e. The van der Waals surface area contributed by atoms with Gasteiger partial charge >= 0.3 is 0 Å². The predicted octanol–water partition coefficient (Wildman–Crippen LogP) is 2.83. The van der Waals surface area contributed by atoms with Crippen molar-refractivity contribution in [3.63, 3.8) is 0 Å². The van der Waals surface area contributed by atoms with Crippen molar-refractivity contribution in [2.75, 3.05) is 20.1 Å². The Bertz CT molecular complexity index is 645. The number of amides is 1. The molecule has 1 aromatic heterocycles. The van der Waals surface area contributed by atoms with Crippen molar-refractivity contribution < 1.29 is 4.79 Å². The van der Waals surface area contributed by atoms with Gasteiger partial charge in [0, 0.05) is 30.7 Å². The smallest absolute Gasteiger partial charge is 0.227 e. The first-order chi connectivity index (χ1) is 10.3. The van der Waals surface area contributed by atoms with Gasteiger partial charge in [0.05, 0.1) is 11.9 Å². The highest BCUT2D eigenvalue weighted by atomic mass is 35.5. The number of pyridine rings is 1. The van der Waals surface area contributed by atoms with Crippen LogP contribution in [0, 0.1) is 0 Å². The van der Waals surface area contributed by atoms with Crippen LogP contribution in [0.2, 0.25) is 0 Å². The molecule has 1 N–H and O–H groups in total. The molecule has 1 amide bonds. The van der Waals surface area contributed by atoms with Crippen LogP contribution in [-0.2, 0) is 11.2 Å². The zero-order valence-electron chi connectivity index (χ0n) is 13.2. The highest BCUT2D eigenvalue weighted by Gasteiger charge is 2.22. The van der Waals surface area contributed by atoms with E-state index in [1.165, 1.54) is 0 Å². The Balaban J connectivity index is 0.00000132. The summed E-state index contributed by atoms with van der Waals surface area (Å²) < 4.78 is 0. The third kappa shape index (κ3) is 4.56. The fourth-order valence-electron chi connectivity index (χ4n) is 3.02. The van der Waals surface area contributed by atoms with Gasteiger partial charge in [-0.1, -0.05) is 24.3 Å². The monoisotopic (exact) mass is 355 g/mol. The van der Waals surface area contributed by atoms with E-state index in [9.17, 15) is 4.79 Å². The molecule has 0 bridgehead atoms. The van der Waals surface area contributed by atoms with Gasteiger partial charge in [0.2, 0.25) is 5.91 Å². The number of carbonyl (C=O) groups is 1. The highest BCUT2D eigenvalue weighted by molar-refractivity contribution is 5.87. The van der Waals surface area contributed by atoms with Crippen molar-refractivity contribution in [3.8, 4) is 0 Å². The number of rotatable bonds is 3. The Morgan fingerprint density at radius 1 is 1.30 bits per heavy atom. The molecule has 0 spiro atoms. The minimum Gasteiger partial charge on any atom is -0.341 e. The normalized spacial score (nSPS) is 17.3. The lowest BCUT2D eigenvalue weighted by Crippen LogP contribution is -2.47. The maximum absolute atomic E-state index is 12.5. The summed E-state index contributed by atoms with van der Waals surface area (Å²) in [6.07, 6.45) is 4.44. The number of fused-ring (bicyclic) bond motifs is 1. The molecule has 0 saturated carbocycles. The molecule has 0 radical (unpaired) electrons. The van der Waals surface area contributed by atoms with Crippen LogP contribution in [0.1, 0.15) is 18.4 Å². The molecule has 2 aromatic rings. The van der Waals surface area contributed by atoms with Crippen LogP contribution in [-0.4, -0.2) is 42.0 Å². The van der Waals surface area contributed by atoms with E-state index in [0.717, 1.165) is 42.4 Å². The summed E-state index contributed by atoms with van der Waals surface area (Å²) in [5.74, 6) is 0.202. The van der Waals surface area contributed by atoms with Crippen LogP contribution in [0.15, 0.2) is 36.5 Å². The van der Waals surface area contributed by atoms with E-state index in [2.05, 4.69) is 10.3 Å². The Hall–Kier alpha value is -1.36. The van der Waals surface area contributed by atoms with Crippen molar-refractivity contribution in [3.05, 3.63) is 42.1 Å². The predicted molar refractivity (Wildman–Crippen MR) is 98.6 cm³/mol. The molecule has 2 heterocycles. The van der Waals surface area contributed by atoms with Crippen LogP contribution in [0.3, 0.4) is 0 Å². The van der Waals surface area contributed by atoms with Crippen LogP contribution in [0.25, 0.3) is 10.9 Å². The van der Waals surface area contributed by atoms with Crippen LogP contribution in [0.4, 0.5) is 0 Å². The third-order valence-electron chi connectivity index (χ3n) is 4.24. The first-order valence-corrected chi connectivity index (χ1v) is 7.55. The molecule has 126 valence electrons. The number of piperidine rings is 1. The lowest BCUT2D eigenvalue weighted by molar-refractivity contribution is -0.131. The second-order valence-electron chi connectivity index (χ2n) is 5.64. The molecule has 4 nitrogen and oxygen atoms in total. The van der Waals surface area contributed by atoms with E-state index < -0.39 is 0 Å². The number of likely N-dealkylation sites (tertiary alicyclic amines) is 1. The summed E-state index contributed by atoms with van der Waals surface area (Å²) in [4.78, 5) is 18.9. The molecule has 1 unspecified atom stereocenters. The topological polar surface area (TPSA) is 45.2 Å². The summed E-state index contributed by atoms with van der Waals surface area (Å²) in [6, 6.07) is 10.4. The van der Waals surface area contributed by atoms with Crippen molar-refractivity contribution >= 4 is 41.6 Å². The van der Waals surface area contributed by atoms with Gasteiger partial charge in [-0.3, -0.25) is 9.78 Å². The standard InChI is InChI=1S/C17H21N3O.2ClH/c1-18-15-8-4-10-20(12-15)16(21)11-14-6-2-5-13-7-3-9-19-17(13)14;;/h2-3,5-7,9,15,18H,4,8,10-12H2,1H3;2*1H. The Kier molecular flexibility index (Phi) is 7.76. The van der Waals surface area contributed by atoms with E-state index in [-0.39, 0.29) is 30.7 Å². The number of para-hydroxylation sites is 1. The zero-order chi connectivity index (χ0) is 14.7. The van der Waals surface area contributed by atoms with E-state index in [1.54, 1.807) is 6.20 Å². The van der Waals surface area contributed by atoms with Crippen LogP contribution >= 0.6 is 24.8 Å². The van der Waals surface area contributed by atoms with E-state index in [1.807, 2.05) is 42.3 Å². The molecule has 3 rings (SSSR count). The number of hydrogen-bond acceptors (Lipinski definition) is 3. The molecular formula is C17H23Cl2N3O. The average molecular weight is 356 g/mol. The molecule has 1 saturated heterocycles. The molecule has 1 aromatic carbocycles. The number of aromatic nitrogens is 1. The quantitative estimate of drug-likeness (QED) is 0.920. The summed E-state index contributed by atoms with van der Waals surface area (Å²) in [7, 11) is 1.97. The van der Waals surface area contributed by atoms with Gasteiger partial charge in [0.1, 0.15) is 0 Å². The molecular weight excluding hydrogens is 333 g/mol. The number of nitrogens with one attached hydrogen (secondary N) is 1. The summed E-state index contributed by atoms with van der Waals surface area (Å²) in [5, 5.41) is 4.37. The minimum absolute atomic E-state index is 0. The fourth-order valence-corrected chi connectivity index (χ4v) is 3.02. The molecule has 1 atom stereocenters. The summed E-state index contributed by atoms with van der Waals surface area (Å²) >= 11 is 0. The molecule has 1 aliphatic heterocycles. The number of nitrogens with zero attached hydrogens (tertiary/aromatic N) is 2. The average Bonchev–Trinajstić information content (AvgIpc) is 2.55. The van der Waals surface area contributed by atoms with Gasteiger partial charge in [-0.2, -0.15) is 0 Å². The Morgan fingerprint density at radius 2 is 2.09 bits per heavy atom. The Labute approximate surface area is 149 Å². The van der Waals surface area contributed by atoms with E-state index in [0.29, 0.717) is 12.5 Å². The largest absolute Gasteiger partial charge is 0.341 e. The maximum atomic E-state index is 12.5. The first kappa shape index (κ1) is 19.7. The van der Waals surface area contributed by atoms with Crippen molar-refractivity contribution in [1.29, 1.82) is 0 Å². The van der Waals surface area contributed by atoms with E-state index in [4.69, 9.17) is 0 Å². The van der Waals surface area contributed by atoms with Gasteiger partial charge in [-0.15, -0.1) is 24.8 Å². The van der Waals surface area contributed by atoms with Gasteiger partial charge in [-0.05, 0) is 31.5 Å². The minimum atomic E-state index is 0. The number of hydrogen-bond donors (Lipinski definition) is 1. The SMILES string of the molecule is CNC1CCCN(C(=O)Cc2cccc3cccnc23)C1.Cl.Cl. The van der Waals surface area contributed by atoms with Crippen LogP contribution < -0.4 is 5.32 Å². The molecule has 1 fully saturated rings. The summed E-state index contributed by atoms with van der Waals surface area (Å²) in [6.45, 7) is 1.68. The lowest BCUT2D eigenvalue weighted by atomic mass is 10.0. The third-order valence-corrected chi connectivity index (χ3v) is 4.24. The van der Waals surface area contributed by atoms with Gasteiger partial charge in [-0.25, -0.2) is 0 Å². The number of benzene rings is 1. The van der Waals surface area contributed by atoms with Gasteiger partial charge < -0.3 is 10.2 Å². The molecule has 23 heavy (non-hydrogen) atoms. The fraction of sp³-hybridized carbons (Fsp3) is 0.412. The number of carbonyl (C=O) groups excluding carboxylic acids is 1. The molecule has 6 heteroatoms. The summed E-state index contributed by atoms with van der Waals surface area (Å²) in [5.41, 5.74) is 1.96. The lowest BCUT2D eigenvalue weighted by Gasteiger charge is -2.32. The molecule has 1 aliphatic rings. The molecule has 0 aliphatic carbocycles. The Morgan fingerprint density at radius 3 is 2.87 bits per heavy atom. The van der Waals surface area contributed by atoms with Crippen molar-refractivity contribution in [1.82, 2.24) is 15.2 Å². The number of halogens is 2. The van der Waals surface area contributed by atoms with Gasteiger partial charge in [0.15, 0.2) is 0 Å². The highest BCUT2D eigenvalue weighted by Crippen LogP contribution is 2.18. The van der Waals surface area contributed by atoms with Gasteiger partial charge in [0.25, 0.3) is 0 Å². The van der Waals surface area contributed by atoms with Crippen LogP contribution in [0.5, 0.6) is 0 Å². The number of likely N-dealkylation sites (N-methyl/N-ethyl adjacent to an activating group) is 1. The first-order valence-electron chi connectivity index (χ1n) is 7.55. The van der Waals surface area contributed by atoms with Crippen molar-refractivity contribution in [2.45, 2.75) is 25.3 Å². The van der Waals surface area contributed by atoms with Crippen molar-refractivity contribution in [2.24, 2.45) is 0 Å². The second-order valence-corrected chi connectivity index (χ2v) is 5.64. The zero-order valence-corrected chi connectivity index (χ0v) is 14.8. The van der Waals surface area contributed by atoms with E-state index >= 15 is 0 Å².